The van der Waals surface area contributed by atoms with E-state index in [1.54, 1.807) is 0 Å². The molecule has 6 heteroatoms. The molecule has 6 nitrogen and oxygen atoms in total. The first-order valence-corrected chi connectivity index (χ1v) is 10.8. The van der Waals surface area contributed by atoms with Gasteiger partial charge in [-0.3, -0.25) is 0 Å². The second-order valence-electron chi connectivity index (χ2n) is 8.29. The molecule has 1 saturated heterocycles. The zero-order chi connectivity index (χ0) is 22.0. The van der Waals surface area contributed by atoms with Gasteiger partial charge in [0.05, 0.1) is 0 Å². The summed E-state index contributed by atoms with van der Waals surface area (Å²) < 4.78 is 4.76. The number of anilines is 1. The Morgan fingerprint density at radius 2 is 1.71 bits per heavy atom. The Bertz CT molecular complexity index is 1120. The highest BCUT2D eigenvalue weighted by molar-refractivity contribution is 6.00. The van der Waals surface area contributed by atoms with E-state index in [1.807, 2.05) is 0 Å². The molecule has 1 fully saturated rings. The molecule has 0 amide bonds. The van der Waals surface area contributed by atoms with Crippen LogP contribution >= 0.6 is 0 Å². The number of allylic oxidation sites excluding steroid dienone is 1. The lowest BCUT2D eigenvalue weighted by atomic mass is 10.0. The van der Waals surface area contributed by atoms with Gasteiger partial charge in [0, 0.05) is 79.8 Å². The summed E-state index contributed by atoms with van der Waals surface area (Å²) in [6.45, 7) is 6.47. The van der Waals surface area contributed by atoms with Crippen molar-refractivity contribution >= 4 is 34.3 Å². The van der Waals surface area contributed by atoms with Crippen LogP contribution in [0.25, 0.3) is 22.6 Å². The van der Waals surface area contributed by atoms with Crippen LogP contribution in [0.5, 0.6) is 0 Å². The fraction of sp³-hybridized carbons (Fsp3) is 0.360. The molecule has 162 valence electrons. The van der Waals surface area contributed by atoms with Gasteiger partial charge in [0.15, 0.2) is 12.7 Å². The Labute approximate surface area is 183 Å². The highest BCUT2D eigenvalue weighted by Gasteiger charge is 2.26. The van der Waals surface area contributed by atoms with E-state index < -0.39 is 5.97 Å². The third-order valence-electron chi connectivity index (χ3n) is 6.13. The highest BCUT2D eigenvalue weighted by atomic mass is 16.4. The molecule has 0 atom stereocenters. The lowest BCUT2D eigenvalue weighted by Crippen LogP contribution is -2.45. The Kier molecular flexibility index (Phi) is 6.09. The van der Waals surface area contributed by atoms with Crippen LogP contribution in [-0.2, 0) is 18.4 Å². The molecule has 0 unspecified atom stereocenters. The number of rotatable bonds is 2. The van der Waals surface area contributed by atoms with Crippen molar-refractivity contribution in [3.05, 3.63) is 59.9 Å². The lowest BCUT2D eigenvalue weighted by molar-refractivity contribution is -0.689. The smallest absolute Gasteiger partial charge is 0.208 e. The maximum Gasteiger partial charge on any atom is 0.208 e. The summed E-state index contributed by atoms with van der Waals surface area (Å²) in [7, 11) is 4.43. The molecule has 31 heavy (non-hydrogen) atoms. The summed E-state index contributed by atoms with van der Waals surface area (Å²) in [5.41, 5.74) is 5.50. The molecule has 4 heterocycles. The van der Waals surface area contributed by atoms with Gasteiger partial charge in [-0.1, -0.05) is 18.2 Å². The number of fused-ring (bicyclic) bond motifs is 2. The normalized spacial score (nSPS) is 17.5. The van der Waals surface area contributed by atoms with Crippen LogP contribution in [0.2, 0.25) is 0 Å². The molecule has 5 rings (SSSR count). The number of carboxylic acid groups (broad SMARTS) is 1. The molecule has 1 aromatic carbocycles. The summed E-state index contributed by atoms with van der Waals surface area (Å²) in [4.78, 5) is 13.9. The van der Waals surface area contributed by atoms with Gasteiger partial charge in [-0.2, -0.15) is 4.57 Å². The first-order chi connectivity index (χ1) is 15.0. The van der Waals surface area contributed by atoms with Gasteiger partial charge in [0.25, 0.3) is 0 Å². The summed E-state index contributed by atoms with van der Waals surface area (Å²) in [5, 5.41) is 10.2. The number of hydrogen-bond acceptors (Lipinski definition) is 4. The first-order valence-electron chi connectivity index (χ1n) is 10.8. The van der Waals surface area contributed by atoms with Crippen molar-refractivity contribution in [2.45, 2.75) is 19.9 Å². The number of piperazine rings is 1. The van der Waals surface area contributed by atoms with Crippen molar-refractivity contribution in [2.24, 2.45) is 7.05 Å². The van der Waals surface area contributed by atoms with Gasteiger partial charge in [-0.05, 0) is 32.2 Å². The molecule has 0 radical (unpaired) electrons. The van der Waals surface area contributed by atoms with E-state index >= 15 is 0 Å². The van der Waals surface area contributed by atoms with Crippen LogP contribution in [0.3, 0.4) is 0 Å². The third-order valence-corrected chi connectivity index (χ3v) is 6.13. The van der Waals surface area contributed by atoms with E-state index in [0.29, 0.717) is 0 Å². The number of aromatic nitrogens is 2. The molecule has 3 aromatic rings. The molecule has 0 bridgehead atoms. The molecule has 0 spiro atoms. The van der Waals surface area contributed by atoms with Gasteiger partial charge in [0.1, 0.15) is 5.82 Å². The van der Waals surface area contributed by atoms with Crippen LogP contribution in [0.4, 0.5) is 5.82 Å². The van der Waals surface area contributed by atoms with E-state index in [2.05, 4.69) is 87.8 Å². The number of carbonyl (C=O) groups is 1. The predicted molar refractivity (Wildman–Crippen MR) is 122 cm³/mol. The fourth-order valence-corrected chi connectivity index (χ4v) is 4.60. The number of carbonyl (C=O) groups excluding carboxylic acids is 1. The van der Waals surface area contributed by atoms with Crippen LogP contribution < -0.4 is 14.6 Å². The van der Waals surface area contributed by atoms with Gasteiger partial charge >= 0.3 is 0 Å². The molecular weight excluding hydrogens is 388 g/mol. The van der Waals surface area contributed by atoms with E-state index in [9.17, 15) is 0 Å². The molecule has 2 aliphatic rings. The van der Waals surface area contributed by atoms with Crippen molar-refractivity contribution < 1.29 is 14.5 Å². The van der Waals surface area contributed by atoms with Crippen LogP contribution in [0.1, 0.15) is 24.6 Å². The predicted octanol–water partition coefficient (Wildman–Crippen LogP) is 1.92. The topological polar surface area (TPSA) is 55.4 Å². The minimum atomic E-state index is -1.08. The second-order valence-corrected chi connectivity index (χ2v) is 8.29. The number of aryl methyl sites for hydroxylation is 2. The standard InChI is InChI=1S/C23H27N4.C2H4O2/c1-24-13-15-27(16-14-24)23-20(19-7-3-4-9-22(19)25(23)2)17-18-10-12-26-11-6-5-8-21(18)26;1-2(3)4/h3-9,11,17H,10,12-16H2,1-2H3;1H3,(H,3,4)/q+1;/p-1. The zero-order valence-electron chi connectivity index (χ0n) is 18.5. The summed E-state index contributed by atoms with van der Waals surface area (Å²) in [6.07, 6.45) is 5.75. The number of aliphatic carboxylic acids is 1. The summed E-state index contributed by atoms with van der Waals surface area (Å²) >= 11 is 0. The second kappa shape index (κ2) is 8.94. The number of likely N-dealkylation sites (N-methyl/N-ethyl adjacent to an activating group) is 1. The molecule has 0 aliphatic carbocycles. The van der Waals surface area contributed by atoms with Gasteiger partial charge in [-0.25, -0.2) is 0 Å². The Hall–Kier alpha value is -3.12. The van der Waals surface area contributed by atoms with E-state index in [-0.39, 0.29) is 0 Å². The number of pyridine rings is 1. The van der Waals surface area contributed by atoms with Crippen LogP contribution in [0.15, 0.2) is 48.7 Å². The first kappa shape index (κ1) is 21.1. The Balaban J connectivity index is 0.000000535. The van der Waals surface area contributed by atoms with E-state index in [1.165, 1.54) is 33.6 Å². The zero-order valence-corrected chi connectivity index (χ0v) is 18.5. The number of hydrogen-bond donors (Lipinski definition) is 0. The fourth-order valence-electron chi connectivity index (χ4n) is 4.60. The minimum Gasteiger partial charge on any atom is -0.550 e. The SMILES string of the molecule is CC(=O)[O-].CN1CCN(c2c(/C=C3\CC[n+]4ccccc43)c3ccccc3n2C)CC1. The quantitative estimate of drug-likeness (QED) is 0.597. The average molecular weight is 419 g/mol. The Morgan fingerprint density at radius 1 is 1.03 bits per heavy atom. The maximum atomic E-state index is 8.89. The monoisotopic (exact) mass is 418 g/mol. The van der Waals surface area contributed by atoms with Crippen LogP contribution in [-0.4, -0.2) is 48.7 Å². The summed E-state index contributed by atoms with van der Waals surface area (Å²) in [6, 6.07) is 15.3. The van der Waals surface area contributed by atoms with Gasteiger partial charge in [-0.15, -0.1) is 0 Å². The minimum absolute atomic E-state index is 0.972. The molecule has 2 aromatic heterocycles. The number of para-hydroxylation sites is 1. The number of benzene rings is 1. The largest absolute Gasteiger partial charge is 0.550 e. The highest BCUT2D eigenvalue weighted by Crippen LogP contribution is 2.36. The van der Waals surface area contributed by atoms with Crippen molar-refractivity contribution in [1.82, 2.24) is 9.47 Å². The molecule has 0 saturated carbocycles. The van der Waals surface area contributed by atoms with Crippen molar-refractivity contribution in [1.29, 1.82) is 0 Å². The summed E-state index contributed by atoms with van der Waals surface area (Å²) in [5.74, 6) is 0.284. The van der Waals surface area contributed by atoms with Crippen molar-refractivity contribution in [3.8, 4) is 0 Å². The van der Waals surface area contributed by atoms with Gasteiger partial charge in [0.2, 0.25) is 5.69 Å². The molecule has 2 aliphatic heterocycles. The van der Waals surface area contributed by atoms with Gasteiger partial charge < -0.3 is 24.3 Å². The van der Waals surface area contributed by atoms with E-state index in [4.69, 9.17) is 9.90 Å². The lowest BCUT2D eigenvalue weighted by Gasteiger charge is -2.34. The number of nitrogens with zero attached hydrogens (tertiary/aromatic N) is 4. The average Bonchev–Trinajstić information content (AvgIpc) is 3.28. The van der Waals surface area contributed by atoms with Crippen molar-refractivity contribution in [2.75, 3.05) is 38.1 Å². The van der Waals surface area contributed by atoms with Crippen molar-refractivity contribution in [3.63, 3.8) is 0 Å². The van der Waals surface area contributed by atoms with Crippen LogP contribution in [0, 0.1) is 0 Å². The third kappa shape index (κ3) is 4.35. The van der Waals surface area contributed by atoms with E-state index in [0.717, 1.165) is 46.1 Å². The Morgan fingerprint density at radius 3 is 2.45 bits per heavy atom. The maximum absolute atomic E-state index is 8.89. The molecule has 0 N–H and O–H groups in total. The molecular formula is C25H30N4O2. The number of carboxylic acids is 1.